The molecule has 1 aliphatic rings. The Morgan fingerprint density at radius 2 is 2.41 bits per heavy atom. The Kier molecular flexibility index (Phi) is 3.99. The van der Waals surface area contributed by atoms with Gasteiger partial charge in [0.1, 0.15) is 0 Å². The Balaban J connectivity index is 2.16. The molecule has 94 valence electrons. The number of thioether (sulfide) groups is 1. The monoisotopic (exact) mass is 270 g/mol. The van der Waals surface area contributed by atoms with E-state index in [1.54, 1.807) is 6.92 Å². The molecule has 0 bridgehead atoms. The molecule has 1 aromatic heterocycles. The zero-order chi connectivity index (χ0) is 12.4. The van der Waals surface area contributed by atoms with Crippen molar-refractivity contribution in [2.75, 3.05) is 29.5 Å². The van der Waals surface area contributed by atoms with Crippen LogP contribution >= 0.6 is 23.1 Å². The molecule has 2 heterocycles. The highest BCUT2D eigenvalue weighted by atomic mass is 32.2. The lowest BCUT2D eigenvalue weighted by molar-refractivity contribution is 0.102. The summed E-state index contributed by atoms with van der Waals surface area (Å²) in [4.78, 5) is 14.5. The highest BCUT2D eigenvalue weighted by molar-refractivity contribution is 8.00. The van der Waals surface area contributed by atoms with Gasteiger partial charge in [0, 0.05) is 31.0 Å². The number of nitrogens with zero attached hydrogens (tertiary/aromatic N) is 1. The molecule has 0 spiro atoms. The Labute approximate surface area is 110 Å². The first-order valence-corrected chi connectivity index (χ1v) is 7.75. The van der Waals surface area contributed by atoms with E-state index in [-0.39, 0.29) is 5.78 Å². The summed E-state index contributed by atoms with van der Waals surface area (Å²) < 4.78 is 0. The molecule has 1 aliphatic heterocycles. The average Bonchev–Trinajstić information content (AvgIpc) is 2.71. The molecule has 0 radical (unpaired) electrons. The quantitative estimate of drug-likeness (QED) is 0.858. The highest BCUT2D eigenvalue weighted by Crippen LogP contribution is 2.35. The molecule has 17 heavy (non-hydrogen) atoms. The van der Waals surface area contributed by atoms with E-state index in [1.165, 1.54) is 17.8 Å². The lowest BCUT2D eigenvalue weighted by Gasteiger charge is -2.32. The van der Waals surface area contributed by atoms with E-state index in [9.17, 15) is 4.79 Å². The van der Waals surface area contributed by atoms with Crippen LogP contribution in [0.5, 0.6) is 0 Å². The molecule has 0 amide bonds. The third kappa shape index (κ3) is 2.77. The second kappa shape index (κ2) is 5.31. The molecular formula is C12H18N2OS2. The highest BCUT2D eigenvalue weighted by Gasteiger charge is 2.22. The summed E-state index contributed by atoms with van der Waals surface area (Å²) in [5.74, 6) is 1.23. The van der Waals surface area contributed by atoms with Gasteiger partial charge in [0.15, 0.2) is 5.78 Å². The molecule has 1 fully saturated rings. The lowest BCUT2D eigenvalue weighted by atomic mass is 10.3. The first-order valence-electron chi connectivity index (χ1n) is 5.88. The molecule has 5 heteroatoms. The van der Waals surface area contributed by atoms with Gasteiger partial charge in [-0.1, -0.05) is 6.92 Å². The van der Waals surface area contributed by atoms with Crippen LogP contribution in [0.2, 0.25) is 0 Å². The molecule has 1 unspecified atom stereocenters. The van der Waals surface area contributed by atoms with Gasteiger partial charge in [-0.15, -0.1) is 11.3 Å². The smallest absolute Gasteiger partial charge is 0.171 e. The molecule has 1 atom stereocenters. The van der Waals surface area contributed by atoms with Crippen LogP contribution in [0.15, 0.2) is 6.07 Å². The van der Waals surface area contributed by atoms with Gasteiger partial charge in [-0.2, -0.15) is 11.8 Å². The third-order valence-electron chi connectivity index (χ3n) is 2.97. The summed E-state index contributed by atoms with van der Waals surface area (Å²) in [6, 6.07) is 1.95. The fourth-order valence-electron chi connectivity index (χ4n) is 1.99. The van der Waals surface area contributed by atoms with Crippen LogP contribution in [0.1, 0.15) is 29.9 Å². The number of carbonyl (C=O) groups excluding carboxylic acids is 1. The standard InChI is InChI=1S/C12H18N2OS2/c1-3-9-7-14(4-5-16-9)11-6-10(13)12(17-11)8(2)15/h6,9H,3-5,7,13H2,1-2H3. The van der Waals surface area contributed by atoms with Crippen LogP contribution in [-0.4, -0.2) is 29.9 Å². The van der Waals surface area contributed by atoms with E-state index in [4.69, 9.17) is 5.73 Å². The maximum absolute atomic E-state index is 11.4. The minimum atomic E-state index is 0.0668. The largest absolute Gasteiger partial charge is 0.397 e. The predicted octanol–water partition coefficient (Wildman–Crippen LogP) is 2.86. The number of thiophene rings is 1. The number of ketones is 1. The van der Waals surface area contributed by atoms with E-state index in [0.717, 1.165) is 23.8 Å². The average molecular weight is 270 g/mol. The first kappa shape index (κ1) is 12.8. The van der Waals surface area contributed by atoms with Crippen molar-refractivity contribution < 1.29 is 4.79 Å². The summed E-state index contributed by atoms with van der Waals surface area (Å²) in [5, 5.41) is 1.85. The summed E-state index contributed by atoms with van der Waals surface area (Å²) in [6.45, 7) is 5.93. The minimum Gasteiger partial charge on any atom is -0.397 e. The predicted molar refractivity (Wildman–Crippen MR) is 77.5 cm³/mol. The molecule has 1 saturated heterocycles. The lowest BCUT2D eigenvalue weighted by Crippen LogP contribution is -2.37. The summed E-state index contributed by atoms with van der Waals surface area (Å²) in [6.07, 6.45) is 1.20. The van der Waals surface area contributed by atoms with E-state index in [0.29, 0.717) is 15.8 Å². The van der Waals surface area contributed by atoms with Gasteiger partial charge < -0.3 is 10.6 Å². The van der Waals surface area contributed by atoms with Crippen LogP contribution in [-0.2, 0) is 0 Å². The maximum atomic E-state index is 11.4. The number of hydrogen-bond acceptors (Lipinski definition) is 5. The zero-order valence-corrected chi connectivity index (χ0v) is 11.9. The van der Waals surface area contributed by atoms with Gasteiger partial charge in [-0.3, -0.25) is 4.79 Å². The number of nitrogens with two attached hydrogens (primary N) is 1. The molecule has 2 rings (SSSR count). The minimum absolute atomic E-state index is 0.0668. The number of anilines is 2. The summed E-state index contributed by atoms with van der Waals surface area (Å²) in [7, 11) is 0. The van der Waals surface area contributed by atoms with Gasteiger partial charge in [0.2, 0.25) is 0 Å². The SMILES string of the molecule is CCC1CN(c2cc(N)c(C(C)=O)s2)CCS1. The summed E-state index contributed by atoms with van der Waals surface area (Å²) in [5.41, 5.74) is 6.50. The van der Waals surface area contributed by atoms with Crippen LogP contribution in [0, 0.1) is 0 Å². The van der Waals surface area contributed by atoms with Crippen molar-refractivity contribution >= 4 is 39.6 Å². The molecule has 0 saturated carbocycles. The van der Waals surface area contributed by atoms with Crippen molar-refractivity contribution in [3.05, 3.63) is 10.9 Å². The molecular weight excluding hydrogens is 252 g/mol. The van der Waals surface area contributed by atoms with Gasteiger partial charge in [-0.05, 0) is 12.5 Å². The number of carbonyl (C=O) groups is 1. The Hall–Kier alpha value is -0.680. The van der Waals surface area contributed by atoms with Crippen molar-refractivity contribution in [3.63, 3.8) is 0 Å². The topological polar surface area (TPSA) is 46.3 Å². The number of hydrogen-bond donors (Lipinski definition) is 1. The van der Waals surface area contributed by atoms with Gasteiger partial charge in [0.05, 0.1) is 15.6 Å². The second-order valence-corrected chi connectivity index (χ2v) is 6.71. The zero-order valence-electron chi connectivity index (χ0n) is 10.2. The Morgan fingerprint density at radius 3 is 3.00 bits per heavy atom. The Bertz CT molecular complexity index is 417. The fraction of sp³-hybridized carbons (Fsp3) is 0.583. The van der Waals surface area contributed by atoms with Crippen molar-refractivity contribution in [3.8, 4) is 0 Å². The fourth-order valence-corrected chi connectivity index (χ4v) is 4.18. The van der Waals surface area contributed by atoms with Gasteiger partial charge in [0.25, 0.3) is 0 Å². The molecule has 1 aromatic rings. The molecule has 0 aromatic carbocycles. The van der Waals surface area contributed by atoms with Crippen molar-refractivity contribution in [1.29, 1.82) is 0 Å². The van der Waals surface area contributed by atoms with Gasteiger partial charge >= 0.3 is 0 Å². The van der Waals surface area contributed by atoms with E-state index in [2.05, 4.69) is 11.8 Å². The van der Waals surface area contributed by atoms with Crippen molar-refractivity contribution in [2.45, 2.75) is 25.5 Å². The summed E-state index contributed by atoms with van der Waals surface area (Å²) >= 11 is 3.57. The number of rotatable bonds is 3. The molecule has 2 N–H and O–H groups in total. The number of nitrogen functional groups attached to an aromatic ring is 1. The van der Waals surface area contributed by atoms with Crippen molar-refractivity contribution in [2.24, 2.45) is 0 Å². The van der Waals surface area contributed by atoms with Crippen LogP contribution in [0.4, 0.5) is 10.7 Å². The maximum Gasteiger partial charge on any atom is 0.171 e. The molecule has 3 nitrogen and oxygen atoms in total. The van der Waals surface area contributed by atoms with E-state index in [1.807, 2.05) is 17.8 Å². The van der Waals surface area contributed by atoms with E-state index >= 15 is 0 Å². The van der Waals surface area contributed by atoms with Gasteiger partial charge in [-0.25, -0.2) is 0 Å². The van der Waals surface area contributed by atoms with Crippen LogP contribution in [0.3, 0.4) is 0 Å². The van der Waals surface area contributed by atoms with Crippen LogP contribution < -0.4 is 10.6 Å². The first-order chi connectivity index (χ1) is 8.11. The Morgan fingerprint density at radius 1 is 1.65 bits per heavy atom. The van der Waals surface area contributed by atoms with Crippen LogP contribution in [0.25, 0.3) is 0 Å². The number of Topliss-reactive ketones (excluding diaryl/α,β-unsaturated/α-hetero) is 1. The molecule has 0 aliphatic carbocycles. The normalized spacial score (nSPS) is 20.6. The second-order valence-electron chi connectivity index (χ2n) is 4.27. The van der Waals surface area contributed by atoms with E-state index < -0.39 is 0 Å². The third-order valence-corrected chi connectivity index (χ3v) is 5.66. The van der Waals surface area contributed by atoms with Crippen molar-refractivity contribution in [1.82, 2.24) is 0 Å².